The van der Waals surface area contributed by atoms with Crippen LogP contribution in [-0.4, -0.2) is 17.8 Å². The molecular weight excluding hydrogens is 114 g/mol. The van der Waals surface area contributed by atoms with Crippen LogP contribution < -0.4 is 5.32 Å². The van der Waals surface area contributed by atoms with Crippen molar-refractivity contribution < 1.29 is 0 Å². The molecule has 0 atom stereocenters. The van der Waals surface area contributed by atoms with E-state index in [1.54, 1.807) is 0 Å². The summed E-state index contributed by atoms with van der Waals surface area (Å²) in [7, 11) is 0. The summed E-state index contributed by atoms with van der Waals surface area (Å²) in [5, 5.41) is 2.81. The molecule has 1 N–H and O–H groups in total. The third kappa shape index (κ3) is 4.24. The first-order valence-corrected chi connectivity index (χ1v) is 2.80. The van der Waals surface area contributed by atoms with Crippen molar-refractivity contribution in [2.75, 3.05) is 12.3 Å². The first kappa shape index (κ1) is 6.24. The van der Waals surface area contributed by atoms with Crippen LogP contribution in [0.2, 0.25) is 0 Å². The molecule has 0 aromatic rings. The Morgan fingerprint density at radius 2 is 2.50 bits per heavy atom. The fraction of sp³-hybridized carbons (Fsp3) is 0.667. The molecular formula is C3H7NS2. The molecule has 0 spiro atoms. The number of thiocarbonyl (C=S) groups is 1. The van der Waals surface area contributed by atoms with Gasteiger partial charge in [-0.05, 0) is 0 Å². The Labute approximate surface area is 48.5 Å². The Morgan fingerprint density at radius 1 is 1.83 bits per heavy atom. The lowest BCUT2D eigenvalue weighted by molar-refractivity contribution is 1.02. The second-order valence-electron chi connectivity index (χ2n) is 0.796. The average molecular weight is 121 g/mol. The second kappa shape index (κ2) is 5.24. The molecule has 0 aromatic heterocycles. The molecule has 0 aliphatic carbocycles. The highest BCUT2D eigenvalue weighted by Gasteiger charge is 1.68. The first-order chi connectivity index (χ1) is 2.91. The highest BCUT2D eigenvalue weighted by molar-refractivity contribution is 7.80. The molecule has 0 rings (SSSR count). The van der Waals surface area contributed by atoms with Crippen molar-refractivity contribution >= 4 is 30.3 Å². The molecule has 1 nitrogen and oxygen atoms in total. The van der Waals surface area contributed by atoms with Gasteiger partial charge in [-0.15, -0.1) is 0 Å². The van der Waals surface area contributed by atoms with E-state index in [1.807, 2.05) is 0 Å². The van der Waals surface area contributed by atoms with Crippen molar-refractivity contribution in [1.82, 2.24) is 5.32 Å². The highest BCUT2D eigenvalue weighted by Crippen LogP contribution is 1.63. The van der Waals surface area contributed by atoms with Gasteiger partial charge in [0, 0.05) is 12.3 Å². The lowest BCUT2D eigenvalue weighted by atomic mass is 10.8. The lowest BCUT2D eigenvalue weighted by Crippen LogP contribution is -2.11. The van der Waals surface area contributed by atoms with Gasteiger partial charge in [0.2, 0.25) is 0 Å². The largest absolute Gasteiger partial charge is 0.381 e. The summed E-state index contributed by atoms with van der Waals surface area (Å²) in [6.07, 6.45) is 0. The monoisotopic (exact) mass is 121 g/mol. The standard InChI is InChI=1S/C3H7NS2/c5-2-1-4-3-6/h3,5H,1-2H2,(H,4,6). The molecule has 0 unspecified atom stereocenters. The van der Waals surface area contributed by atoms with E-state index in [0.717, 1.165) is 12.3 Å². The lowest BCUT2D eigenvalue weighted by Gasteiger charge is -1.87. The average Bonchev–Trinajstić information content (AvgIpc) is 1.61. The van der Waals surface area contributed by atoms with Crippen LogP contribution in [0.25, 0.3) is 0 Å². The molecule has 3 heteroatoms. The summed E-state index contributed by atoms with van der Waals surface area (Å²) in [5.41, 5.74) is 1.50. The number of hydrogen-bond donors (Lipinski definition) is 2. The van der Waals surface area contributed by atoms with Crippen molar-refractivity contribution in [3.63, 3.8) is 0 Å². The zero-order chi connectivity index (χ0) is 4.83. The molecule has 0 aliphatic rings. The second-order valence-corrected chi connectivity index (χ2v) is 1.48. The quantitative estimate of drug-likeness (QED) is 0.320. The van der Waals surface area contributed by atoms with Crippen molar-refractivity contribution in [3.8, 4) is 0 Å². The predicted molar refractivity (Wildman–Crippen MR) is 35.5 cm³/mol. The van der Waals surface area contributed by atoms with E-state index in [1.165, 1.54) is 5.49 Å². The molecule has 0 saturated carbocycles. The molecule has 0 aromatic carbocycles. The topological polar surface area (TPSA) is 12.0 Å². The van der Waals surface area contributed by atoms with E-state index < -0.39 is 0 Å². The summed E-state index contributed by atoms with van der Waals surface area (Å²) in [5.74, 6) is 0.840. The van der Waals surface area contributed by atoms with Gasteiger partial charge in [0.25, 0.3) is 0 Å². The van der Waals surface area contributed by atoms with Gasteiger partial charge in [-0.2, -0.15) is 12.6 Å². The molecule has 36 valence electrons. The fourth-order valence-electron chi connectivity index (χ4n) is 0.123. The Hall–Kier alpha value is 0.240. The van der Waals surface area contributed by atoms with E-state index >= 15 is 0 Å². The zero-order valence-corrected chi connectivity index (χ0v) is 5.06. The van der Waals surface area contributed by atoms with Gasteiger partial charge in [-0.25, -0.2) is 0 Å². The molecule has 0 fully saturated rings. The van der Waals surface area contributed by atoms with E-state index in [0.29, 0.717) is 0 Å². The van der Waals surface area contributed by atoms with E-state index in [-0.39, 0.29) is 0 Å². The maximum atomic E-state index is 4.45. The summed E-state index contributed by atoms with van der Waals surface area (Å²) >= 11 is 8.37. The molecule has 0 heterocycles. The van der Waals surface area contributed by atoms with Gasteiger partial charge >= 0.3 is 0 Å². The molecule has 0 bridgehead atoms. The molecule has 0 aliphatic heterocycles. The van der Waals surface area contributed by atoms with Crippen molar-refractivity contribution in [3.05, 3.63) is 0 Å². The summed E-state index contributed by atoms with van der Waals surface area (Å²) in [6, 6.07) is 0. The molecule has 0 radical (unpaired) electrons. The minimum atomic E-state index is 0.840. The van der Waals surface area contributed by atoms with Crippen LogP contribution in [0.4, 0.5) is 0 Å². The van der Waals surface area contributed by atoms with E-state index in [2.05, 4.69) is 30.2 Å². The van der Waals surface area contributed by atoms with Gasteiger partial charge in [0.05, 0.1) is 5.49 Å². The minimum absolute atomic E-state index is 0.840. The van der Waals surface area contributed by atoms with Gasteiger partial charge in [-0.3, -0.25) is 0 Å². The Kier molecular flexibility index (Phi) is 5.45. The highest BCUT2D eigenvalue weighted by atomic mass is 32.1. The third-order valence-corrected chi connectivity index (χ3v) is 0.730. The van der Waals surface area contributed by atoms with Crippen molar-refractivity contribution in [2.45, 2.75) is 0 Å². The van der Waals surface area contributed by atoms with Gasteiger partial charge in [0.1, 0.15) is 0 Å². The smallest absolute Gasteiger partial charge is 0.0615 e. The van der Waals surface area contributed by atoms with E-state index in [9.17, 15) is 0 Å². The number of rotatable bonds is 3. The zero-order valence-electron chi connectivity index (χ0n) is 3.35. The molecule has 0 saturated heterocycles. The van der Waals surface area contributed by atoms with Crippen LogP contribution in [0.15, 0.2) is 0 Å². The van der Waals surface area contributed by atoms with Gasteiger partial charge in [-0.1, -0.05) is 12.2 Å². The van der Waals surface area contributed by atoms with Crippen LogP contribution in [0.5, 0.6) is 0 Å². The Balaban J connectivity index is 2.49. The van der Waals surface area contributed by atoms with Crippen LogP contribution in [-0.2, 0) is 0 Å². The third-order valence-electron chi connectivity index (χ3n) is 0.339. The minimum Gasteiger partial charge on any atom is -0.381 e. The number of thiol groups is 1. The van der Waals surface area contributed by atoms with E-state index in [4.69, 9.17) is 0 Å². The number of hydrogen-bond acceptors (Lipinski definition) is 2. The van der Waals surface area contributed by atoms with Crippen LogP contribution in [0.3, 0.4) is 0 Å². The van der Waals surface area contributed by atoms with Crippen LogP contribution in [0, 0.1) is 0 Å². The van der Waals surface area contributed by atoms with Crippen LogP contribution in [0.1, 0.15) is 0 Å². The van der Waals surface area contributed by atoms with Crippen molar-refractivity contribution in [2.24, 2.45) is 0 Å². The van der Waals surface area contributed by atoms with Gasteiger partial charge in [0.15, 0.2) is 0 Å². The molecule has 6 heavy (non-hydrogen) atoms. The maximum absolute atomic E-state index is 4.45. The van der Waals surface area contributed by atoms with Gasteiger partial charge < -0.3 is 5.32 Å². The Bertz CT molecular complexity index is 37.8. The van der Waals surface area contributed by atoms with Crippen molar-refractivity contribution in [1.29, 1.82) is 0 Å². The summed E-state index contributed by atoms with van der Waals surface area (Å²) < 4.78 is 0. The summed E-state index contributed by atoms with van der Waals surface area (Å²) in [6.45, 7) is 0.868. The molecule has 0 amide bonds. The summed E-state index contributed by atoms with van der Waals surface area (Å²) in [4.78, 5) is 0. The fourth-order valence-corrected chi connectivity index (χ4v) is 0.370. The number of nitrogens with one attached hydrogen (secondary N) is 1. The maximum Gasteiger partial charge on any atom is 0.0615 e. The first-order valence-electron chi connectivity index (χ1n) is 1.69. The predicted octanol–water partition coefficient (Wildman–Crippen LogP) is 0.463. The normalized spacial score (nSPS) is 7.50. The SMILES string of the molecule is S=CNCCS. The van der Waals surface area contributed by atoms with Crippen LogP contribution >= 0.6 is 24.8 Å². The Morgan fingerprint density at radius 3 is 2.67 bits per heavy atom.